The molecule has 0 saturated heterocycles. The molecule has 152 valence electrons. The van der Waals surface area contributed by atoms with Crippen LogP contribution in [0.1, 0.15) is 15.9 Å². The molecule has 0 aromatic heterocycles. The van der Waals surface area contributed by atoms with Crippen LogP contribution in [0.15, 0.2) is 53.4 Å². The van der Waals surface area contributed by atoms with Crippen LogP contribution in [0, 0.1) is 0 Å². The number of rotatable bonds is 6. The lowest BCUT2D eigenvalue weighted by Gasteiger charge is -2.12. The first-order valence-electron chi connectivity index (χ1n) is 7.56. The van der Waals surface area contributed by atoms with Gasteiger partial charge in [-0.2, -0.15) is 13.2 Å². The Kier molecular flexibility index (Phi) is 6.04. The molecule has 0 saturated carbocycles. The summed E-state index contributed by atoms with van der Waals surface area (Å²) >= 11 is 0. The van der Waals surface area contributed by atoms with E-state index in [9.17, 15) is 34.8 Å². The van der Waals surface area contributed by atoms with Crippen molar-refractivity contribution in [1.82, 2.24) is 5.32 Å². The summed E-state index contributed by atoms with van der Waals surface area (Å²) in [5.74, 6) is -0.676. The molecule has 2 rings (SSSR count). The number of amides is 1. The molecule has 0 heterocycles. The van der Waals surface area contributed by atoms with Crippen molar-refractivity contribution < 1.29 is 34.8 Å². The van der Waals surface area contributed by atoms with E-state index in [1.54, 1.807) is 18.2 Å². The van der Waals surface area contributed by atoms with Gasteiger partial charge in [-0.25, -0.2) is 16.8 Å². The highest BCUT2D eigenvalue weighted by molar-refractivity contribution is 7.92. The summed E-state index contributed by atoms with van der Waals surface area (Å²) < 4.78 is 85.2. The first-order chi connectivity index (χ1) is 12.8. The lowest BCUT2D eigenvalue weighted by atomic mass is 10.1. The largest absolute Gasteiger partial charge is 0.501 e. The van der Waals surface area contributed by atoms with E-state index in [1.807, 2.05) is 0 Å². The Balaban J connectivity index is 2.13. The standard InChI is InChI=1S/C16H15F3N2O5S2/c1-27(23,24)21-14-5-3-2-4-12(14)10-20-15(22)11-6-8-13(9-7-11)28(25,26)16(17,18)19/h2-9,21H,10H2,1H3,(H,20,22). The van der Waals surface area contributed by atoms with Crippen LogP contribution in [-0.4, -0.2) is 34.5 Å². The van der Waals surface area contributed by atoms with Crippen LogP contribution in [0.2, 0.25) is 0 Å². The van der Waals surface area contributed by atoms with Gasteiger partial charge < -0.3 is 5.32 Å². The van der Waals surface area contributed by atoms with E-state index in [-0.39, 0.29) is 17.8 Å². The monoisotopic (exact) mass is 436 g/mol. The van der Waals surface area contributed by atoms with Gasteiger partial charge in [-0.05, 0) is 35.9 Å². The zero-order valence-electron chi connectivity index (χ0n) is 14.3. The molecular formula is C16H15F3N2O5S2. The first-order valence-corrected chi connectivity index (χ1v) is 10.9. The second kappa shape index (κ2) is 7.80. The molecule has 12 heteroatoms. The number of carbonyl (C=O) groups is 1. The number of alkyl halides is 3. The third kappa shape index (κ3) is 5.23. The maximum absolute atomic E-state index is 12.5. The number of para-hydroxylation sites is 1. The molecule has 2 aromatic carbocycles. The minimum atomic E-state index is -5.49. The number of sulfonamides is 1. The molecule has 0 aliphatic rings. The van der Waals surface area contributed by atoms with Crippen molar-refractivity contribution in [2.24, 2.45) is 0 Å². The van der Waals surface area contributed by atoms with E-state index in [1.165, 1.54) is 6.07 Å². The van der Waals surface area contributed by atoms with Crippen molar-refractivity contribution in [3.05, 3.63) is 59.7 Å². The predicted octanol–water partition coefficient (Wildman–Crippen LogP) is 2.28. The van der Waals surface area contributed by atoms with Gasteiger partial charge in [0.05, 0.1) is 16.8 Å². The number of hydrogen-bond acceptors (Lipinski definition) is 5. The van der Waals surface area contributed by atoms with Gasteiger partial charge in [0, 0.05) is 12.1 Å². The minimum absolute atomic E-state index is 0.0605. The highest BCUT2D eigenvalue weighted by Crippen LogP contribution is 2.30. The number of benzene rings is 2. The van der Waals surface area contributed by atoms with E-state index < -0.39 is 36.2 Å². The van der Waals surface area contributed by atoms with E-state index in [4.69, 9.17) is 0 Å². The van der Waals surface area contributed by atoms with Gasteiger partial charge in [0.1, 0.15) is 0 Å². The second-order valence-corrected chi connectivity index (χ2v) is 9.38. The quantitative estimate of drug-likeness (QED) is 0.722. The molecule has 0 spiro atoms. The molecule has 0 aliphatic carbocycles. The number of carbonyl (C=O) groups excluding carboxylic acids is 1. The topological polar surface area (TPSA) is 109 Å². The average Bonchev–Trinajstić information content (AvgIpc) is 2.58. The first kappa shape index (κ1) is 21.7. The summed E-state index contributed by atoms with van der Waals surface area (Å²) in [5.41, 5.74) is -4.78. The Hall–Kier alpha value is -2.60. The Labute approximate surface area is 159 Å². The van der Waals surface area contributed by atoms with Crippen LogP contribution < -0.4 is 10.0 Å². The van der Waals surface area contributed by atoms with Crippen molar-refractivity contribution in [1.29, 1.82) is 0 Å². The van der Waals surface area contributed by atoms with Gasteiger partial charge in [0.2, 0.25) is 10.0 Å². The van der Waals surface area contributed by atoms with Gasteiger partial charge in [0.25, 0.3) is 15.7 Å². The van der Waals surface area contributed by atoms with Crippen LogP contribution >= 0.6 is 0 Å². The van der Waals surface area contributed by atoms with Crippen molar-refractivity contribution in [2.75, 3.05) is 11.0 Å². The fourth-order valence-electron chi connectivity index (χ4n) is 2.17. The summed E-state index contributed by atoms with van der Waals surface area (Å²) in [6, 6.07) is 9.59. The third-order valence-electron chi connectivity index (χ3n) is 3.48. The van der Waals surface area contributed by atoms with Crippen LogP contribution in [0.4, 0.5) is 18.9 Å². The molecule has 0 unspecified atom stereocenters. The van der Waals surface area contributed by atoms with Gasteiger partial charge in [-0.3, -0.25) is 9.52 Å². The Morgan fingerprint density at radius 2 is 1.54 bits per heavy atom. The maximum Gasteiger partial charge on any atom is 0.501 e. The van der Waals surface area contributed by atoms with Crippen molar-refractivity contribution in [3.63, 3.8) is 0 Å². The number of hydrogen-bond donors (Lipinski definition) is 2. The summed E-state index contributed by atoms with van der Waals surface area (Å²) in [7, 11) is -9.03. The number of nitrogens with one attached hydrogen (secondary N) is 2. The molecule has 28 heavy (non-hydrogen) atoms. The van der Waals surface area contributed by atoms with Crippen LogP contribution in [-0.2, 0) is 26.4 Å². The molecule has 2 aromatic rings. The summed E-state index contributed by atoms with van der Waals surface area (Å²) in [6.07, 6.45) is 0.971. The highest BCUT2D eigenvalue weighted by Gasteiger charge is 2.46. The lowest BCUT2D eigenvalue weighted by Crippen LogP contribution is -2.25. The molecule has 0 fully saturated rings. The molecule has 1 amide bonds. The smallest absolute Gasteiger partial charge is 0.348 e. The normalized spacial score (nSPS) is 12.4. The van der Waals surface area contributed by atoms with E-state index in [0.29, 0.717) is 17.7 Å². The Morgan fingerprint density at radius 3 is 2.07 bits per heavy atom. The van der Waals surface area contributed by atoms with Gasteiger partial charge in [-0.15, -0.1) is 0 Å². The number of halogens is 3. The molecule has 0 radical (unpaired) electrons. The summed E-state index contributed by atoms with van der Waals surface area (Å²) in [5, 5.41) is 2.48. The van der Waals surface area contributed by atoms with E-state index >= 15 is 0 Å². The molecular weight excluding hydrogens is 421 g/mol. The minimum Gasteiger partial charge on any atom is -0.348 e. The number of anilines is 1. The molecule has 7 nitrogen and oxygen atoms in total. The SMILES string of the molecule is CS(=O)(=O)Nc1ccccc1CNC(=O)c1ccc(S(=O)(=O)C(F)(F)F)cc1. The van der Waals surface area contributed by atoms with Crippen LogP contribution in [0.3, 0.4) is 0 Å². The van der Waals surface area contributed by atoms with Gasteiger partial charge in [-0.1, -0.05) is 18.2 Å². The van der Waals surface area contributed by atoms with E-state index in [2.05, 4.69) is 10.0 Å². The summed E-state index contributed by atoms with van der Waals surface area (Å²) in [6.45, 7) is -0.0693. The third-order valence-corrected chi connectivity index (χ3v) is 5.58. The molecule has 2 N–H and O–H groups in total. The predicted molar refractivity (Wildman–Crippen MR) is 95.8 cm³/mol. The van der Waals surface area contributed by atoms with Crippen LogP contribution in [0.25, 0.3) is 0 Å². The molecule has 0 bridgehead atoms. The summed E-state index contributed by atoms with van der Waals surface area (Å²) in [4.78, 5) is 11.2. The molecule has 0 aliphatic heterocycles. The Morgan fingerprint density at radius 1 is 0.964 bits per heavy atom. The fraction of sp³-hybridized carbons (Fsp3) is 0.188. The number of sulfone groups is 1. The maximum atomic E-state index is 12.5. The Bertz CT molecular complexity index is 1080. The van der Waals surface area contributed by atoms with Crippen LogP contribution in [0.5, 0.6) is 0 Å². The van der Waals surface area contributed by atoms with Crippen molar-refractivity contribution >= 4 is 31.5 Å². The fourth-order valence-corrected chi connectivity index (χ4v) is 3.53. The van der Waals surface area contributed by atoms with Gasteiger partial charge in [0.15, 0.2) is 0 Å². The highest BCUT2D eigenvalue weighted by atomic mass is 32.2. The van der Waals surface area contributed by atoms with Crippen molar-refractivity contribution in [3.8, 4) is 0 Å². The zero-order valence-corrected chi connectivity index (χ0v) is 16.0. The molecule has 0 atom stereocenters. The van der Waals surface area contributed by atoms with Gasteiger partial charge >= 0.3 is 5.51 Å². The average molecular weight is 436 g/mol. The van der Waals surface area contributed by atoms with E-state index in [0.717, 1.165) is 18.4 Å². The van der Waals surface area contributed by atoms with Crippen molar-refractivity contribution in [2.45, 2.75) is 16.9 Å². The second-order valence-electron chi connectivity index (χ2n) is 5.69. The zero-order chi connectivity index (χ0) is 21.2. The lowest BCUT2D eigenvalue weighted by molar-refractivity contribution is -0.0436.